The average Bonchev–Trinajstić information content (AvgIpc) is 2.33. The number of aliphatic carboxylic acids is 1. The Bertz CT molecular complexity index is 382. The van der Waals surface area contributed by atoms with Gasteiger partial charge in [-0.05, 0) is 37.0 Å². The number of carboxylic acids is 1. The summed E-state index contributed by atoms with van der Waals surface area (Å²) in [5.41, 5.74) is 0.758. The van der Waals surface area contributed by atoms with Crippen LogP contribution >= 0.6 is 11.6 Å². The van der Waals surface area contributed by atoms with E-state index in [0.29, 0.717) is 11.6 Å². The van der Waals surface area contributed by atoms with Crippen LogP contribution in [0.1, 0.15) is 30.7 Å². The van der Waals surface area contributed by atoms with Crippen molar-refractivity contribution in [1.82, 2.24) is 0 Å². The average molecular weight is 255 g/mol. The number of carbonyl (C=O) groups is 1. The van der Waals surface area contributed by atoms with E-state index in [1.807, 2.05) is 0 Å². The molecule has 0 radical (unpaired) electrons. The van der Waals surface area contributed by atoms with Crippen LogP contribution in [0.5, 0.6) is 0 Å². The van der Waals surface area contributed by atoms with Crippen LogP contribution in [0.4, 0.5) is 0 Å². The summed E-state index contributed by atoms with van der Waals surface area (Å²) < 4.78 is 5.57. The molecular formula is C13H15ClO3. The zero-order valence-corrected chi connectivity index (χ0v) is 10.2. The summed E-state index contributed by atoms with van der Waals surface area (Å²) in [5.74, 6) is -1.42. The molecule has 0 bridgehead atoms. The van der Waals surface area contributed by atoms with Crippen molar-refractivity contribution in [3.05, 3.63) is 34.9 Å². The number of hydrogen-bond donors (Lipinski definition) is 1. The number of benzene rings is 1. The zero-order valence-electron chi connectivity index (χ0n) is 9.43. The summed E-state index contributed by atoms with van der Waals surface area (Å²) in [7, 11) is 0. The minimum atomic E-state index is -0.834. The summed E-state index contributed by atoms with van der Waals surface area (Å²) in [6.45, 7) is 0.655. The molecule has 1 aromatic carbocycles. The first-order chi connectivity index (χ1) is 8.18. The highest BCUT2D eigenvalue weighted by molar-refractivity contribution is 6.30. The van der Waals surface area contributed by atoms with Gasteiger partial charge in [-0.15, -0.1) is 0 Å². The van der Waals surface area contributed by atoms with Crippen LogP contribution in [-0.4, -0.2) is 23.8 Å². The number of halogens is 1. The molecule has 0 aliphatic carbocycles. The number of ether oxygens (including phenoxy) is 1. The molecule has 1 aliphatic rings. The Kier molecular flexibility index (Phi) is 4.02. The van der Waals surface area contributed by atoms with Gasteiger partial charge in [-0.2, -0.15) is 0 Å². The summed E-state index contributed by atoms with van der Waals surface area (Å²) in [6.07, 6.45) is 2.63. The van der Waals surface area contributed by atoms with E-state index >= 15 is 0 Å². The van der Waals surface area contributed by atoms with Crippen molar-refractivity contribution < 1.29 is 14.6 Å². The standard InChI is InChI=1S/C13H15ClO3/c14-10-6-4-9(5-7-10)12(13(15)16)11-3-1-2-8-17-11/h4-7,11-12H,1-3,8H2,(H,15,16). The highest BCUT2D eigenvalue weighted by Gasteiger charge is 2.31. The second-order valence-electron chi connectivity index (χ2n) is 4.27. The van der Waals surface area contributed by atoms with Gasteiger partial charge in [-0.25, -0.2) is 0 Å². The van der Waals surface area contributed by atoms with Crippen LogP contribution in [0.3, 0.4) is 0 Å². The molecule has 92 valence electrons. The fourth-order valence-corrected chi connectivity index (χ4v) is 2.34. The topological polar surface area (TPSA) is 46.5 Å². The zero-order chi connectivity index (χ0) is 12.3. The normalized spacial score (nSPS) is 22.1. The van der Waals surface area contributed by atoms with Crippen molar-refractivity contribution >= 4 is 17.6 Å². The Labute approximate surface area is 105 Å². The minimum Gasteiger partial charge on any atom is -0.481 e. The highest BCUT2D eigenvalue weighted by Crippen LogP contribution is 2.29. The molecule has 17 heavy (non-hydrogen) atoms. The molecule has 4 heteroatoms. The van der Waals surface area contributed by atoms with Crippen LogP contribution in [0.2, 0.25) is 5.02 Å². The number of carboxylic acid groups (broad SMARTS) is 1. The lowest BCUT2D eigenvalue weighted by Crippen LogP contribution is -2.31. The SMILES string of the molecule is O=C(O)C(c1ccc(Cl)cc1)C1CCCCO1. The van der Waals surface area contributed by atoms with Crippen LogP contribution in [-0.2, 0) is 9.53 Å². The third-order valence-electron chi connectivity index (χ3n) is 3.08. The molecule has 1 N–H and O–H groups in total. The van der Waals surface area contributed by atoms with Crippen molar-refractivity contribution in [2.75, 3.05) is 6.61 Å². The van der Waals surface area contributed by atoms with Gasteiger partial charge in [0.25, 0.3) is 0 Å². The summed E-state index contributed by atoms with van der Waals surface area (Å²) in [6, 6.07) is 6.96. The van der Waals surface area contributed by atoms with Gasteiger partial charge in [-0.3, -0.25) is 4.79 Å². The molecule has 1 fully saturated rings. The molecular weight excluding hydrogens is 240 g/mol. The Morgan fingerprint density at radius 3 is 2.59 bits per heavy atom. The molecule has 3 nitrogen and oxygen atoms in total. The second kappa shape index (κ2) is 5.52. The number of hydrogen-bond acceptors (Lipinski definition) is 2. The monoisotopic (exact) mass is 254 g/mol. The lowest BCUT2D eigenvalue weighted by molar-refractivity contribution is -0.144. The lowest BCUT2D eigenvalue weighted by Gasteiger charge is -2.28. The molecule has 0 amide bonds. The van der Waals surface area contributed by atoms with Crippen molar-refractivity contribution in [2.24, 2.45) is 0 Å². The molecule has 2 atom stereocenters. The summed E-state index contributed by atoms with van der Waals surface area (Å²) >= 11 is 5.80. The first kappa shape index (κ1) is 12.4. The molecule has 0 spiro atoms. The van der Waals surface area contributed by atoms with Crippen LogP contribution in [0, 0.1) is 0 Å². The van der Waals surface area contributed by atoms with Crippen molar-refractivity contribution in [3.8, 4) is 0 Å². The van der Waals surface area contributed by atoms with E-state index in [1.54, 1.807) is 24.3 Å². The van der Waals surface area contributed by atoms with Gasteiger partial charge in [0.05, 0.1) is 6.10 Å². The first-order valence-corrected chi connectivity index (χ1v) is 6.16. The quantitative estimate of drug-likeness (QED) is 0.902. The molecule has 1 saturated heterocycles. The van der Waals surface area contributed by atoms with Gasteiger partial charge in [-0.1, -0.05) is 23.7 Å². The summed E-state index contributed by atoms with van der Waals surface area (Å²) in [5, 5.41) is 9.95. The van der Waals surface area contributed by atoms with Gasteiger partial charge in [0.1, 0.15) is 5.92 Å². The van der Waals surface area contributed by atoms with Gasteiger partial charge in [0.15, 0.2) is 0 Å². The Morgan fingerprint density at radius 2 is 2.06 bits per heavy atom. The minimum absolute atomic E-state index is 0.220. The van der Waals surface area contributed by atoms with E-state index < -0.39 is 11.9 Å². The van der Waals surface area contributed by atoms with Crippen molar-refractivity contribution in [3.63, 3.8) is 0 Å². The maximum atomic E-state index is 11.4. The second-order valence-corrected chi connectivity index (χ2v) is 4.71. The fraction of sp³-hybridized carbons (Fsp3) is 0.462. The molecule has 2 unspecified atom stereocenters. The van der Waals surface area contributed by atoms with Crippen molar-refractivity contribution in [2.45, 2.75) is 31.3 Å². The van der Waals surface area contributed by atoms with Gasteiger partial charge >= 0.3 is 5.97 Å². The van der Waals surface area contributed by atoms with E-state index in [-0.39, 0.29) is 6.10 Å². The maximum Gasteiger partial charge on any atom is 0.313 e. The van der Waals surface area contributed by atoms with Gasteiger partial charge < -0.3 is 9.84 Å². The van der Waals surface area contributed by atoms with Gasteiger partial charge in [0, 0.05) is 11.6 Å². The maximum absolute atomic E-state index is 11.4. The molecule has 1 aliphatic heterocycles. The lowest BCUT2D eigenvalue weighted by atomic mass is 9.89. The summed E-state index contributed by atoms with van der Waals surface area (Å²) in [4.78, 5) is 11.4. The third kappa shape index (κ3) is 2.99. The number of rotatable bonds is 3. The van der Waals surface area contributed by atoms with E-state index in [2.05, 4.69) is 0 Å². The third-order valence-corrected chi connectivity index (χ3v) is 3.33. The Hall–Kier alpha value is -1.06. The molecule has 1 aromatic rings. The Balaban J connectivity index is 2.21. The van der Waals surface area contributed by atoms with Gasteiger partial charge in [0.2, 0.25) is 0 Å². The van der Waals surface area contributed by atoms with E-state index in [9.17, 15) is 9.90 Å². The van der Waals surface area contributed by atoms with Crippen LogP contribution < -0.4 is 0 Å². The smallest absolute Gasteiger partial charge is 0.313 e. The van der Waals surface area contributed by atoms with E-state index in [0.717, 1.165) is 24.8 Å². The molecule has 2 rings (SSSR count). The Morgan fingerprint density at radius 1 is 1.35 bits per heavy atom. The molecule has 1 heterocycles. The van der Waals surface area contributed by atoms with Crippen LogP contribution in [0.25, 0.3) is 0 Å². The predicted octanol–water partition coefficient (Wildman–Crippen LogP) is 3.08. The largest absolute Gasteiger partial charge is 0.481 e. The molecule has 0 saturated carbocycles. The predicted molar refractivity (Wildman–Crippen MR) is 65.4 cm³/mol. The van der Waals surface area contributed by atoms with E-state index in [4.69, 9.17) is 16.3 Å². The van der Waals surface area contributed by atoms with E-state index in [1.165, 1.54) is 0 Å². The van der Waals surface area contributed by atoms with Crippen molar-refractivity contribution in [1.29, 1.82) is 0 Å². The molecule has 0 aromatic heterocycles. The van der Waals surface area contributed by atoms with Crippen LogP contribution in [0.15, 0.2) is 24.3 Å². The fourth-order valence-electron chi connectivity index (χ4n) is 2.21. The highest BCUT2D eigenvalue weighted by atomic mass is 35.5. The first-order valence-electron chi connectivity index (χ1n) is 5.78.